The van der Waals surface area contributed by atoms with Gasteiger partial charge in [-0.15, -0.1) is 0 Å². The fourth-order valence-electron chi connectivity index (χ4n) is 2.31. The molecule has 2 rings (SSSR count). The monoisotopic (exact) mass is 391 g/mol. The van der Waals surface area contributed by atoms with E-state index in [1.807, 2.05) is 6.92 Å². The molecule has 0 unspecified atom stereocenters. The number of benzene rings is 1. The highest BCUT2D eigenvalue weighted by Crippen LogP contribution is 2.40. The van der Waals surface area contributed by atoms with Crippen molar-refractivity contribution in [2.24, 2.45) is 4.99 Å². The van der Waals surface area contributed by atoms with E-state index in [1.54, 1.807) is 25.1 Å². The lowest BCUT2D eigenvalue weighted by Gasteiger charge is -2.04. The van der Waals surface area contributed by atoms with Gasteiger partial charge in [-0.25, -0.2) is 9.79 Å². The van der Waals surface area contributed by atoms with Crippen molar-refractivity contribution in [3.63, 3.8) is 0 Å². The third-order valence-electron chi connectivity index (χ3n) is 3.56. The number of carbonyl (C=O) groups is 2. The maximum Gasteiger partial charge on any atom is 0.344 e. The van der Waals surface area contributed by atoms with Crippen LogP contribution in [0.4, 0.5) is 0 Å². The Morgan fingerprint density at radius 3 is 2.63 bits per heavy atom. The SMILES string of the molecule is CCCC(=O)N=C1S/C(=C\c2ccc(O)c(OC)c2)C(O)=C1C(=O)OCC. The van der Waals surface area contributed by atoms with E-state index in [-0.39, 0.29) is 46.8 Å². The second-order valence-corrected chi connectivity index (χ2v) is 6.58. The first-order chi connectivity index (χ1) is 12.9. The Morgan fingerprint density at radius 2 is 2.00 bits per heavy atom. The van der Waals surface area contributed by atoms with Crippen LogP contribution in [0.15, 0.2) is 39.4 Å². The van der Waals surface area contributed by atoms with Crippen LogP contribution in [0.25, 0.3) is 6.08 Å². The minimum atomic E-state index is -0.739. The van der Waals surface area contributed by atoms with Crippen LogP contribution in [-0.4, -0.2) is 40.8 Å². The number of nitrogens with zero attached hydrogens (tertiary/aromatic N) is 1. The molecule has 27 heavy (non-hydrogen) atoms. The van der Waals surface area contributed by atoms with E-state index < -0.39 is 5.97 Å². The van der Waals surface area contributed by atoms with Gasteiger partial charge in [-0.2, -0.15) is 0 Å². The first kappa shape index (κ1) is 20.6. The van der Waals surface area contributed by atoms with Gasteiger partial charge in [0, 0.05) is 6.42 Å². The van der Waals surface area contributed by atoms with Gasteiger partial charge in [-0.1, -0.05) is 24.8 Å². The normalized spacial score (nSPS) is 16.9. The number of thioether (sulfide) groups is 1. The van der Waals surface area contributed by atoms with E-state index in [2.05, 4.69) is 4.99 Å². The molecule has 1 amide bonds. The topological polar surface area (TPSA) is 105 Å². The molecule has 144 valence electrons. The quantitative estimate of drug-likeness (QED) is 0.714. The lowest BCUT2D eigenvalue weighted by atomic mass is 10.1. The summed E-state index contributed by atoms with van der Waals surface area (Å²) in [4.78, 5) is 28.4. The molecule has 0 bridgehead atoms. The van der Waals surface area contributed by atoms with E-state index in [0.29, 0.717) is 16.9 Å². The average molecular weight is 391 g/mol. The maximum atomic E-state index is 12.2. The summed E-state index contributed by atoms with van der Waals surface area (Å²) in [5, 5.41) is 20.3. The van der Waals surface area contributed by atoms with Crippen molar-refractivity contribution >= 4 is 34.8 Å². The molecular weight excluding hydrogens is 370 g/mol. The molecule has 2 N–H and O–H groups in total. The number of phenolic OH excluding ortho intramolecular Hbond substituents is 1. The van der Waals surface area contributed by atoms with Gasteiger partial charge in [-0.3, -0.25) is 4.79 Å². The second-order valence-electron chi connectivity index (χ2n) is 5.55. The van der Waals surface area contributed by atoms with Crippen LogP contribution >= 0.6 is 11.8 Å². The Morgan fingerprint density at radius 1 is 1.26 bits per heavy atom. The molecule has 0 spiro atoms. The number of ether oxygens (including phenoxy) is 2. The fourth-order valence-corrected chi connectivity index (χ4v) is 3.34. The highest BCUT2D eigenvalue weighted by atomic mass is 32.2. The molecule has 0 saturated heterocycles. The second kappa shape index (κ2) is 9.27. The lowest BCUT2D eigenvalue weighted by molar-refractivity contribution is -0.138. The third-order valence-corrected chi connectivity index (χ3v) is 4.58. The Hall–Kier alpha value is -2.74. The first-order valence-corrected chi connectivity index (χ1v) is 9.22. The fraction of sp³-hybridized carbons (Fsp3) is 0.316. The summed E-state index contributed by atoms with van der Waals surface area (Å²) in [5.74, 6) is -1.15. The number of phenols is 1. The summed E-state index contributed by atoms with van der Waals surface area (Å²) in [6, 6.07) is 4.66. The summed E-state index contributed by atoms with van der Waals surface area (Å²) in [6.45, 7) is 3.63. The average Bonchev–Trinajstić information content (AvgIpc) is 2.92. The zero-order valence-electron chi connectivity index (χ0n) is 15.3. The molecular formula is C19H21NO6S. The van der Waals surface area contributed by atoms with Gasteiger partial charge in [0.25, 0.3) is 0 Å². The predicted molar refractivity (Wildman–Crippen MR) is 104 cm³/mol. The van der Waals surface area contributed by atoms with Crippen molar-refractivity contribution in [1.29, 1.82) is 0 Å². The standard InChI is InChI=1S/C19H21NO6S/c1-4-6-15(22)20-18-16(19(24)26-5-2)17(23)14(27-18)10-11-7-8-12(21)13(9-11)25-3/h7-10,21,23H,4-6H2,1-3H3/b14-10-,20-18?. The van der Waals surface area contributed by atoms with E-state index in [4.69, 9.17) is 9.47 Å². The number of methoxy groups -OCH3 is 1. The number of amides is 1. The van der Waals surface area contributed by atoms with Crippen molar-refractivity contribution < 1.29 is 29.3 Å². The molecule has 0 aromatic heterocycles. The number of esters is 1. The molecule has 0 saturated carbocycles. The van der Waals surface area contributed by atoms with E-state index in [0.717, 1.165) is 11.8 Å². The molecule has 0 radical (unpaired) electrons. The Bertz CT molecular complexity index is 841. The first-order valence-electron chi connectivity index (χ1n) is 8.40. The number of hydrogen-bond donors (Lipinski definition) is 2. The Labute approximate surface area is 161 Å². The molecule has 1 heterocycles. The molecule has 7 nitrogen and oxygen atoms in total. The number of aromatic hydroxyl groups is 1. The summed E-state index contributed by atoms with van der Waals surface area (Å²) < 4.78 is 10.0. The van der Waals surface area contributed by atoms with Crippen LogP contribution in [0.3, 0.4) is 0 Å². The molecule has 8 heteroatoms. The summed E-state index contributed by atoms with van der Waals surface area (Å²) in [6.07, 6.45) is 2.48. The van der Waals surface area contributed by atoms with Crippen molar-refractivity contribution in [2.75, 3.05) is 13.7 Å². The van der Waals surface area contributed by atoms with Gasteiger partial charge in [0.15, 0.2) is 11.5 Å². The van der Waals surface area contributed by atoms with Gasteiger partial charge < -0.3 is 19.7 Å². The van der Waals surface area contributed by atoms with E-state index >= 15 is 0 Å². The number of carbonyl (C=O) groups excluding carboxylic acids is 2. The van der Waals surface area contributed by atoms with Gasteiger partial charge in [0.2, 0.25) is 5.91 Å². The van der Waals surface area contributed by atoms with Crippen LogP contribution in [0.5, 0.6) is 11.5 Å². The van der Waals surface area contributed by atoms with Crippen LogP contribution < -0.4 is 4.74 Å². The van der Waals surface area contributed by atoms with Crippen LogP contribution in [-0.2, 0) is 14.3 Å². The minimum Gasteiger partial charge on any atom is -0.506 e. The predicted octanol–water partition coefficient (Wildman–Crippen LogP) is 3.59. The smallest absolute Gasteiger partial charge is 0.344 e. The van der Waals surface area contributed by atoms with Crippen molar-refractivity contribution in [2.45, 2.75) is 26.7 Å². The number of aliphatic hydroxyl groups excluding tert-OH is 1. The van der Waals surface area contributed by atoms with Crippen LogP contribution in [0.1, 0.15) is 32.3 Å². The molecule has 0 fully saturated rings. The van der Waals surface area contributed by atoms with Gasteiger partial charge in [0.1, 0.15) is 16.4 Å². The zero-order chi connectivity index (χ0) is 20.0. The van der Waals surface area contributed by atoms with Crippen molar-refractivity contribution in [1.82, 2.24) is 0 Å². The third kappa shape index (κ3) is 4.91. The highest BCUT2D eigenvalue weighted by Gasteiger charge is 2.33. The van der Waals surface area contributed by atoms with E-state index in [1.165, 1.54) is 13.2 Å². The summed E-state index contributed by atoms with van der Waals surface area (Å²) in [5.41, 5.74) is 0.506. The number of aliphatic imine (C=N–C) groups is 1. The van der Waals surface area contributed by atoms with Crippen molar-refractivity contribution in [3.05, 3.63) is 40.0 Å². The molecule has 1 aliphatic rings. The lowest BCUT2D eigenvalue weighted by Crippen LogP contribution is -2.14. The summed E-state index contributed by atoms with van der Waals surface area (Å²) >= 11 is 1.01. The maximum absolute atomic E-state index is 12.2. The molecule has 1 aromatic carbocycles. The van der Waals surface area contributed by atoms with E-state index in [9.17, 15) is 19.8 Å². The van der Waals surface area contributed by atoms with Gasteiger partial charge >= 0.3 is 5.97 Å². The number of hydrogen-bond acceptors (Lipinski definition) is 7. The molecule has 0 aliphatic carbocycles. The number of rotatable bonds is 6. The van der Waals surface area contributed by atoms with Crippen LogP contribution in [0, 0.1) is 0 Å². The zero-order valence-corrected chi connectivity index (χ0v) is 16.1. The van der Waals surface area contributed by atoms with Gasteiger partial charge in [-0.05, 0) is 37.1 Å². The van der Waals surface area contributed by atoms with Crippen LogP contribution in [0.2, 0.25) is 0 Å². The minimum absolute atomic E-state index is 0.0156. The Kier molecular flexibility index (Phi) is 7.06. The highest BCUT2D eigenvalue weighted by molar-refractivity contribution is 8.18. The molecule has 1 aliphatic heterocycles. The van der Waals surface area contributed by atoms with Crippen molar-refractivity contribution in [3.8, 4) is 11.5 Å². The number of aliphatic hydroxyl groups is 1. The largest absolute Gasteiger partial charge is 0.506 e. The molecule has 1 aromatic rings. The molecule has 0 atom stereocenters. The summed E-state index contributed by atoms with van der Waals surface area (Å²) in [7, 11) is 1.43. The van der Waals surface area contributed by atoms with Gasteiger partial charge in [0.05, 0.1) is 18.6 Å². The Balaban J connectivity index is 2.46.